The molecular weight excluding hydrogens is 378 g/mol. The van der Waals surface area contributed by atoms with Gasteiger partial charge in [-0.05, 0) is 58.5 Å². The molecule has 0 aliphatic carbocycles. The summed E-state index contributed by atoms with van der Waals surface area (Å²) >= 11 is 5.39. The lowest BCUT2D eigenvalue weighted by Gasteiger charge is -2.14. The fourth-order valence-corrected chi connectivity index (χ4v) is 3.20. The number of guanidine groups is 1. The molecule has 0 aliphatic heterocycles. The molecule has 0 radical (unpaired) electrons. The van der Waals surface area contributed by atoms with E-state index in [0.717, 1.165) is 29.0 Å². The minimum Gasteiger partial charge on any atom is -0.493 e. The lowest BCUT2D eigenvalue weighted by molar-refractivity contribution is 0.352. The van der Waals surface area contributed by atoms with Crippen molar-refractivity contribution in [1.82, 2.24) is 10.6 Å². The minimum absolute atomic E-state index is 0.656. The van der Waals surface area contributed by atoms with Gasteiger partial charge in [-0.3, -0.25) is 4.99 Å². The Hall–Kier alpha value is -1.08. The predicted octanol–water partition coefficient (Wildman–Crippen LogP) is 3.27. The second-order valence-corrected chi connectivity index (χ2v) is 6.71. The van der Waals surface area contributed by atoms with E-state index in [2.05, 4.69) is 37.8 Å². The summed E-state index contributed by atoms with van der Waals surface area (Å²) in [5.74, 6) is 3.42. The van der Waals surface area contributed by atoms with Gasteiger partial charge in [0.1, 0.15) is 0 Å². The van der Waals surface area contributed by atoms with Crippen LogP contribution in [0.3, 0.4) is 0 Å². The average molecular weight is 404 g/mol. The number of benzene rings is 1. The van der Waals surface area contributed by atoms with Crippen molar-refractivity contribution < 1.29 is 9.47 Å². The molecule has 1 rings (SSSR count). The van der Waals surface area contributed by atoms with Crippen molar-refractivity contribution in [1.29, 1.82) is 0 Å². The maximum atomic E-state index is 5.36. The van der Waals surface area contributed by atoms with E-state index in [1.54, 1.807) is 21.3 Å². The van der Waals surface area contributed by atoms with E-state index < -0.39 is 0 Å². The van der Waals surface area contributed by atoms with Crippen LogP contribution in [0.2, 0.25) is 0 Å². The van der Waals surface area contributed by atoms with Crippen molar-refractivity contribution >= 4 is 33.7 Å². The third kappa shape index (κ3) is 6.91. The average Bonchev–Trinajstić information content (AvgIpc) is 2.56. The molecule has 0 aliphatic rings. The quantitative estimate of drug-likeness (QED) is 0.376. The first-order valence-electron chi connectivity index (χ1n) is 7.50. The Kier molecular flexibility index (Phi) is 9.94. The first kappa shape index (κ1) is 20.0. The van der Waals surface area contributed by atoms with Crippen molar-refractivity contribution in [2.24, 2.45) is 4.99 Å². The highest BCUT2D eigenvalue weighted by Gasteiger charge is 2.10. The Morgan fingerprint density at radius 1 is 1.22 bits per heavy atom. The highest BCUT2D eigenvalue weighted by atomic mass is 79.9. The van der Waals surface area contributed by atoms with E-state index >= 15 is 0 Å². The van der Waals surface area contributed by atoms with Crippen LogP contribution in [0, 0.1) is 0 Å². The molecule has 0 aromatic heterocycles. The fraction of sp³-hybridized carbons (Fsp3) is 0.562. The first-order chi connectivity index (χ1) is 11.2. The standard InChI is InChI=1S/C16H26BrN3O2S/c1-18-16(19-7-5-6-8-23-4)20-11-12-9-13(17)15(22-3)14(10-12)21-2/h9-10H,5-8,11H2,1-4H3,(H2,18,19,20). The molecule has 7 heteroatoms. The number of nitrogens with one attached hydrogen (secondary N) is 2. The van der Waals surface area contributed by atoms with Gasteiger partial charge in [0, 0.05) is 20.1 Å². The van der Waals surface area contributed by atoms with Crippen molar-refractivity contribution in [3.8, 4) is 11.5 Å². The molecule has 0 saturated heterocycles. The summed E-state index contributed by atoms with van der Waals surface area (Å²) in [5, 5.41) is 6.64. The van der Waals surface area contributed by atoms with Crippen molar-refractivity contribution in [3.05, 3.63) is 22.2 Å². The van der Waals surface area contributed by atoms with Crippen LogP contribution in [0.1, 0.15) is 18.4 Å². The molecule has 0 unspecified atom stereocenters. The number of hydrogen-bond acceptors (Lipinski definition) is 4. The zero-order valence-corrected chi connectivity index (χ0v) is 16.6. The maximum Gasteiger partial charge on any atom is 0.191 e. The fourth-order valence-electron chi connectivity index (χ4n) is 2.06. The van der Waals surface area contributed by atoms with Gasteiger partial charge < -0.3 is 20.1 Å². The zero-order valence-electron chi connectivity index (χ0n) is 14.2. The summed E-state index contributed by atoms with van der Waals surface area (Å²) in [4.78, 5) is 4.24. The van der Waals surface area contributed by atoms with E-state index in [9.17, 15) is 0 Å². The Morgan fingerprint density at radius 2 is 2.00 bits per heavy atom. The number of nitrogens with zero attached hydrogens (tertiary/aromatic N) is 1. The van der Waals surface area contributed by atoms with Gasteiger partial charge in [0.15, 0.2) is 17.5 Å². The van der Waals surface area contributed by atoms with Crippen LogP contribution in [-0.4, -0.2) is 45.8 Å². The molecule has 130 valence electrons. The van der Waals surface area contributed by atoms with Crippen molar-refractivity contribution in [2.45, 2.75) is 19.4 Å². The second kappa shape index (κ2) is 11.5. The van der Waals surface area contributed by atoms with Crippen molar-refractivity contribution in [3.63, 3.8) is 0 Å². The number of ether oxygens (including phenoxy) is 2. The monoisotopic (exact) mass is 403 g/mol. The second-order valence-electron chi connectivity index (χ2n) is 4.87. The van der Waals surface area contributed by atoms with Gasteiger partial charge in [0.05, 0.1) is 18.7 Å². The van der Waals surface area contributed by atoms with Gasteiger partial charge in [-0.1, -0.05) is 0 Å². The van der Waals surface area contributed by atoms with Crippen LogP contribution in [0.25, 0.3) is 0 Å². The van der Waals surface area contributed by atoms with Gasteiger partial charge in [0.25, 0.3) is 0 Å². The minimum atomic E-state index is 0.656. The summed E-state index contributed by atoms with van der Waals surface area (Å²) in [6.45, 7) is 1.58. The van der Waals surface area contributed by atoms with Crippen LogP contribution in [0.4, 0.5) is 0 Å². The summed E-state index contributed by atoms with van der Waals surface area (Å²) in [6.07, 6.45) is 4.49. The number of aliphatic imine (C=N–C) groups is 1. The number of thioether (sulfide) groups is 1. The Labute approximate surface area is 151 Å². The van der Waals surface area contributed by atoms with Gasteiger partial charge in [-0.2, -0.15) is 11.8 Å². The van der Waals surface area contributed by atoms with Gasteiger partial charge in [0.2, 0.25) is 0 Å². The summed E-state index contributed by atoms with van der Waals surface area (Å²) < 4.78 is 11.6. The predicted molar refractivity (Wildman–Crippen MR) is 103 cm³/mol. The molecule has 0 amide bonds. The van der Waals surface area contributed by atoms with E-state index in [0.29, 0.717) is 18.0 Å². The van der Waals surface area contributed by atoms with Crippen LogP contribution < -0.4 is 20.1 Å². The highest BCUT2D eigenvalue weighted by molar-refractivity contribution is 9.10. The Bertz CT molecular complexity index is 512. The third-order valence-corrected chi connectivity index (χ3v) is 4.53. The molecule has 1 aromatic carbocycles. The van der Waals surface area contributed by atoms with Crippen molar-refractivity contribution in [2.75, 3.05) is 39.8 Å². The lowest BCUT2D eigenvalue weighted by atomic mass is 10.2. The molecule has 23 heavy (non-hydrogen) atoms. The largest absolute Gasteiger partial charge is 0.493 e. The number of hydrogen-bond donors (Lipinski definition) is 2. The zero-order chi connectivity index (χ0) is 17.1. The van der Waals surface area contributed by atoms with E-state index in [4.69, 9.17) is 9.47 Å². The molecule has 5 nitrogen and oxygen atoms in total. The summed E-state index contributed by atoms with van der Waals surface area (Å²) in [5.41, 5.74) is 1.08. The van der Waals surface area contributed by atoms with E-state index in [1.807, 2.05) is 23.9 Å². The number of methoxy groups -OCH3 is 2. The molecule has 1 aromatic rings. The highest BCUT2D eigenvalue weighted by Crippen LogP contribution is 2.36. The molecule has 0 bridgehead atoms. The van der Waals surface area contributed by atoms with Gasteiger partial charge in [-0.25, -0.2) is 0 Å². The molecular formula is C16H26BrN3O2S. The summed E-state index contributed by atoms with van der Waals surface area (Å²) in [7, 11) is 5.04. The van der Waals surface area contributed by atoms with Gasteiger partial charge >= 0.3 is 0 Å². The lowest BCUT2D eigenvalue weighted by Crippen LogP contribution is -2.37. The Morgan fingerprint density at radius 3 is 2.61 bits per heavy atom. The topological polar surface area (TPSA) is 54.9 Å². The third-order valence-electron chi connectivity index (χ3n) is 3.24. The number of halogens is 1. The molecule has 0 fully saturated rings. The van der Waals surface area contributed by atoms with E-state index in [1.165, 1.54) is 12.2 Å². The van der Waals surface area contributed by atoms with Crippen LogP contribution in [0.15, 0.2) is 21.6 Å². The normalized spacial score (nSPS) is 11.3. The van der Waals surface area contributed by atoms with Gasteiger partial charge in [-0.15, -0.1) is 0 Å². The molecule has 0 saturated carbocycles. The van der Waals surface area contributed by atoms with Crippen LogP contribution >= 0.6 is 27.7 Å². The number of unbranched alkanes of at least 4 members (excludes halogenated alkanes) is 1. The maximum absolute atomic E-state index is 5.36. The molecule has 0 atom stereocenters. The molecule has 0 heterocycles. The first-order valence-corrected chi connectivity index (χ1v) is 9.68. The Balaban J connectivity index is 2.54. The molecule has 0 spiro atoms. The smallest absolute Gasteiger partial charge is 0.191 e. The van der Waals surface area contributed by atoms with Crippen LogP contribution in [0.5, 0.6) is 11.5 Å². The summed E-state index contributed by atoms with van der Waals surface area (Å²) in [6, 6.07) is 3.97. The molecule has 2 N–H and O–H groups in total. The van der Waals surface area contributed by atoms with Crippen LogP contribution in [-0.2, 0) is 6.54 Å². The number of rotatable bonds is 9. The SMILES string of the molecule is CN=C(NCCCCSC)NCc1cc(Br)c(OC)c(OC)c1. The van der Waals surface area contributed by atoms with E-state index in [-0.39, 0.29) is 0 Å².